The Morgan fingerprint density at radius 3 is 2.75 bits per heavy atom. The standard InChI is InChI=1S/C16H23NO3/c1-17(15(11-20-2)13-7-8-13)10-9-12-5-3-4-6-14(12)16(18)19/h3-6,13,15H,7-11H2,1-2H3,(H,18,19). The molecule has 1 fully saturated rings. The summed E-state index contributed by atoms with van der Waals surface area (Å²) in [7, 11) is 3.84. The summed E-state index contributed by atoms with van der Waals surface area (Å²) in [6.07, 6.45) is 3.32. The number of ether oxygens (including phenoxy) is 1. The van der Waals surface area contributed by atoms with Gasteiger partial charge in [0.1, 0.15) is 0 Å². The van der Waals surface area contributed by atoms with Crippen LogP contribution in [-0.2, 0) is 11.2 Å². The average molecular weight is 277 g/mol. The zero-order valence-electron chi connectivity index (χ0n) is 12.2. The first-order valence-electron chi connectivity index (χ1n) is 7.14. The second-order valence-electron chi connectivity index (χ2n) is 5.55. The van der Waals surface area contributed by atoms with E-state index < -0.39 is 5.97 Å². The molecule has 2 rings (SSSR count). The molecule has 0 heterocycles. The molecule has 20 heavy (non-hydrogen) atoms. The Morgan fingerprint density at radius 1 is 1.45 bits per heavy atom. The summed E-state index contributed by atoms with van der Waals surface area (Å²) in [5.41, 5.74) is 1.31. The van der Waals surface area contributed by atoms with Crippen molar-refractivity contribution in [3.05, 3.63) is 35.4 Å². The molecule has 0 aromatic heterocycles. The first-order chi connectivity index (χ1) is 9.63. The van der Waals surface area contributed by atoms with E-state index in [0.717, 1.165) is 31.1 Å². The number of hydrogen-bond donors (Lipinski definition) is 1. The maximum atomic E-state index is 11.2. The molecule has 1 aromatic rings. The fourth-order valence-electron chi connectivity index (χ4n) is 2.68. The van der Waals surface area contributed by atoms with Crippen molar-refractivity contribution in [1.82, 2.24) is 4.90 Å². The normalized spacial score (nSPS) is 16.4. The first kappa shape index (κ1) is 15.0. The highest BCUT2D eigenvalue weighted by molar-refractivity contribution is 5.89. The Morgan fingerprint density at radius 2 is 2.15 bits per heavy atom. The number of likely N-dealkylation sites (N-methyl/N-ethyl adjacent to an activating group) is 1. The number of methoxy groups -OCH3 is 1. The third kappa shape index (κ3) is 3.81. The van der Waals surface area contributed by atoms with Gasteiger partial charge in [-0.3, -0.25) is 0 Å². The second-order valence-corrected chi connectivity index (χ2v) is 5.55. The molecular formula is C16H23NO3. The molecule has 1 aliphatic rings. The van der Waals surface area contributed by atoms with Crippen LogP contribution in [0.2, 0.25) is 0 Å². The van der Waals surface area contributed by atoms with Crippen LogP contribution < -0.4 is 0 Å². The van der Waals surface area contributed by atoms with Crippen molar-refractivity contribution in [1.29, 1.82) is 0 Å². The Bertz CT molecular complexity index is 457. The Kier molecular flexibility index (Phi) is 5.15. The lowest BCUT2D eigenvalue weighted by Gasteiger charge is -2.27. The van der Waals surface area contributed by atoms with Crippen molar-refractivity contribution in [2.24, 2.45) is 5.92 Å². The molecule has 4 heteroatoms. The Balaban J connectivity index is 1.95. The predicted octanol–water partition coefficient (Wildman–Crippen LogP) is 2.28. The fourth-order valence-corrected chi connectivity index (χ4v) is 2.68. The molecular weight excluding hydrogens is 254 g/mol. The summed E-state index contributed by atoms with van der Waals surface area (Å²) >= 11 is 0. The number of carboxylic acids is 1. The van der Waals surface area contributed by atoms with E-state index in [4.69, 9.17) is 4.74 Å². The van der Waals surface area contributed by atoms with Crippen molar-refractivity contribution >= 4 is 5.97 Å². The van der Waals surface area contributed by atoms with Gasteiger partial charge in [0.05, 0.1) is 12.2 Å². The first-order valence-corrected chi connectivity index (χ1v) is 7.14. The second kappa shape index (κ2) is 6.86. The van der Waals surface area contributed by atoms with E-state index in [1.807, 2.05) is 12.1 Å². The van der Waals surface area contributed by atoms with Gasteiger partial charge in [-0.15, -0.1) is 0 Å². The molecule has 0 bridgehead atoms. The minimum atomic E-state index is -0.848. The van der Waals surface area contributed by atoms with Gasteiger partial charge in [-0.1, -0.05) is 18.2 Å². The number of carbonyl (C=O) groups is 1. The molecule has 110 valence electrons. The van der Waals surface area contributed by atoms with Crippen LogP contribution in [0.25, 0.3) is 0 Å². The van der Waals surface area contributed by atoms with Gasteiger partial charge >= 0.3 is 5.97 Å². The van der Waals surface area contributed by atoms with Crippen LogP contribution in [0.3, 0.4) is 0 Å². The predicted molar refractivity (Wildman–Crippen MR) is 78.1 cm³/mol. The quantitative estimate of drug-likeness (QED) is 0.792. The van der Waals surface area contributed by atoms with E-state index in [1.165, 1.54) is 12.8 Å². The number of benzene rings is 1. The largest absolute Gasteiger partial charge is 0.478 e. The monoisotopic (exact) mass is 277 g/mol. The van der Waals surface area contributed by atoms with E-state index in [9.17, 15) is 9.90 Å². The summed E-state index contributed by atoms with van der Waals surface area (Å²) in [5, 5.41) is 9.19. The molecule has 1 unspecified atom stereocenters. The van der Waals surface area contributed by atoms with Crippen LogP contribution >= 0.6 is 0 Å². The number of nitrogens with zero attached hydrogens (tertiary/aromatic N) is 1. The van der Waals surface area contributed by atoms with Gasteiger partial charge in [0.25, 0.3) is 0 Å². The van der Waals surface area contributed by atoms with E-state index >= 15 is 0 Å². The molecule has 1 saturated carbocycles. The van der Waals surface area contributed by atoms with Gasteiger partial charge in [0.2, 0.25) is 0 Å². The third-order valence-electron chi connectivity index (χ3n) is 4.05. The van der Waals surface area contributed by atoms with Gasteiger partial charge in [-0.2, -0.15) is 0 Å². The highest BCUT2D eigenvalue weighted by atomic mass is 16.5. The van der Waals surface area contributed by atoms with Crippen LogP contribution in [0, 0.1) is 5.92 Å². The van der Waals surface area contributed by atoms with Crippen LogP contribution in [0.15, 0.2) is 24.3 Å². The Labute approximate surface area is 120 Å². The smallest absolute Gasteiger partial charge is 0.335 e. The van der Waals surface area contributed by atoms with E-state index in [1.54, 1.807) is 19.2 Å². The van der Waals surface area contributed by atoms with Crippen LogP contribution in [0.4, 0.5) is 0 Å². The third-order valence-corrected chi connectivity index (χ3v) is 4.05. The lowest BCUT2D eigenvalue weighted by Crippen LogP contribution is -2.38. The van der Waals surface area contributed by atoms with Gasteiger partial charge in [0.15, 0.2) is 0 Å². The van der Waals surface area contributed by atoms with E-state index in [0.29, 0.717) is 11.6 Å². The zero-order chi connectivity index (χ0) is 14.5. The fraction of sp³-hybridized carbons (Fsp3) is 0.562. The summed E-state index contributed by atoms with van der Waals surface area (Å²) in [5.74, 6) is -0.103. The molecule has 1 aliphatic carbocycles. The molecule has 0 amide bonds. The highest BCUT2D eigenvalue weighted by Gasteiger charge is 2.33. The van der Waals surface area contributed by atoms with Crippen molar-refractivity contribution in [3.8, 4) is 0 Å². The average Bonchev–Trinajstić information content (AvgIpc) is 3.26. The minimum Gasteiger partial charge on any atom is -0.478 e. The molecule has 1 N–H and O–H groups in total. The summed E-state index contributed by atoms with van der Waals surface area (Å²) in [4.78, 5) is 13.5. The van der Waals surface area contributed by atoms with Crippen LogP contribution in [0.1, 0.15) is 28.8 Å². The number of rotatable bonds is 8. The molecule has 0 radical (unpaired) electrons. The van der Waals surface area contributed by atoms with Gasteiger partial charge in [0, 0.05) is 19.7 Å². The summed E-state index contributed by atoms with van der Waals surface area (Å²) < 4.78 is 5.30. The number of carboxylic acid groups (broad SMARTS) is 1. The highest BCUT2D eigenvalue weighted by Crippen LogP contribution is 2.35. The van der Waals surface area contributed by atoms with E-state index in [2.05, 4.69) is 11.9 Å². The maximum Gasteiger partial charge on any atom is 0.335 e. The molecule has 4 nitrogen and oxygen atoms in total. The molecule has 1 aromatic carbocycles. The van der Waals surface area contributed by atoms with Crippen molar-refractivity contribution in [3.63, 3.8) is 0 Å². The minimum absolute atomic E-state index is 0.413. The topological polar surface area (TPSA) is 49.8 Å². The van der Waals surface area contributed by atoms with Crippen LogP contribution in [-0.4, -0.2) is 49.3 Å². The lowest BCUT2D eigenvalue weighted by molar-refractivity contribution is 0.0694. The molecule has 0 spiro atoms. The SMILES string of the molecule is COCC(C1CC1)N(C)CCc1ccccc1C(=O)O. The van der Waals surface area contributed by atoms with Gasteiger partial charge in [-0.25, -0.2) is 4.79 Å². The number of hydrogen-bond acceptors (Lipinski definition) is 3. The summed E-state index contributed by atoms with van der Waals surface area (Å²) in [6.45, 7) is 1.61. The van der Waals surface area contributed by atoms with Crippen molar-refractivity contribution in [2.45, 2.75) is 25.3 Å². The number of aromatic carboxylic acids is 1. The van der Waals surface area contributed by atoms with Gasteiger partial charge < -0.3 is 14.7 Å². The van der Waals surface area contributed by atoms with E-state index in [-0.39, 0.29) is 0 Å². The zero-order valence-corrected chi connectivity index (χ0v) is 12.2. The molecule has 0 saturated heterocycles. The molecule has 0 aliphatic heterocycles. The Hall–Kier alpha value is -1.39. The van der Waals surface area contributed by atoms with Crippen molar-refractivity contribution < 1.29 is 14.6 Å². The lowest BCUT2D eigenvalue weighted by atomic mass is 10.0. The van der Waals surface area contributed by atoms with Crippen molar-refractivity contribution in [2.75, 3.05) is 27.3 Å². The summed E-state index contributed by atoms with van der Waals surface area (Å²) in [6, 6.07) is 7.70. The molecule has 1 atom stereocenters. The van der Waals surface area contributed by atoms with Crippen LogP contribution in [0.5, 0.6) is 0 Å². The van der Waals surface area contributed by atoms with Gasteiger partial charge in [-0.05, 0) is 43.9 Å². The maximum absolute atomic E-state index is 11.2.